The Kier molecular flexibility index (Phi) is 11.7. The number of benzene rings is 1. The number of hydrogen-bond acceptors (Lipinski definition) is 5. The van der Waals surface area contributed by atoms with E-state index in [-0.39, 0.29) is 24.6 Å². The van der Waals surface area contributed by atoms with Crippen LogP contribution in [-0.4, -0.2) is 6.61 Å². The highest BCUT2D eigenvalue weighted by Gasteiger charge is 2.28. The van der Waals surface area contributed by atoms with E-state index in [4.69, 9.17) is 4.74 Å². The molecule has 0 aliphatic heterocycles. The summed E-state index contributed by atoms with van der Waals surface area (Å²) in [5, 5.41) is 12.7. The predicted octanol–water partition coefficient (Wildman–Crippen LogP) is 5.63. The van der Waals surface area contributed by atoms with Gasteiger partial charge in [0.15, 0.2) is 17.4 Å². The second-order valence-electron chi connectivity index (χ2n) is 6.30. The van der Waals surface area contributed by atoms with Crippen molar-refractivity contribution in [2.75, 3.05) is 6.61 Å². The van der Waals surface area contributed by atoms with Crippen LogP contribution in [0.15, 0.2) is 4.90 Å². The molecule has 156 valence electrons. The number of unbranched alkanes of at least 4 members (excludes halogenated alkanes) is 4. The molecule has 0 fully saturated rings. The Balaban J connectivity index is 2.85. The van der Waals surface area contributed by atoms with E-state index in [9.17, 15) is 22.8 Å². The zero-order chi connectivity index (χ0) is 20.2. The van der Waals surface area contributed by atoms with Crippen LogP contribution >= 0.6 is 12.0 Å². The molecule has 0 aliphatic rings. The van der Waals surface area contributed by atoms with Crippen molar-refractivity contribution < 1.29 is 36.9 Å². The Morgan fingerprint density at radius 1 is 0.852 bits per heavy atom. The van der Waals surface area contributed by atoms with Crippen LogP contribution in [0.1, 0.15) is 65.2 Å². The first kappa shape index (κ1) is 24.0. The van der Waals surface area contributed by atoms with E-state index >= 15 is 0 Å². The molecule has 0 saturated carbocycles. The van der Waals surface area contributed by atoms with Gasteiger partial charge in [-0.3, -0.25) is 5.04 Å². The van der Waals surface area contributed by atoms with Gasteiger partial charge >= 0.3 is 0 Å². The average molecular weight is 413 g/mol. The fourth-order valence-electron chi connectivity index (χ4n) is 2.70. The molecule has 0 spiro atoms. The largest absolute Gasteiger partial charge is 0.691 e. The summed E-state index contributed by atoms with van der Waals surface area (Å²) in [6, 6.07) is 0. The lowest BCUT2D eigenvalue weighted by molar-refractivity contribution is -0.777. The maximum atomic E-state index is 14.1. The molecule has 0 aliphatic carbocycles. The Hall–Kier alpha value is -1.03. The van der Waals surface area contributed by atoms with E-state index in [1.807, 2.05) is 6.92 Å². The lowest BCUT2D eigenvalue weighted by Crippen LogP contribution is -2.15. The third-order valence-corrected chi connectivity index (χ3v) is 4.87. The van der Waals surface area contributed by atoms with Crippen LogP contribution in [0.25, 0.3) is 0 Å². The number of hydrogen-bond donors (Lipinski definition) is 0. The minimum Gasteiger partial charge on any atom is -0.691 e. The lowest BCUT2D eigenvalue weighted by atomic mass is 9.96. The summed E-state index contributed by atoms with van der Waals surface area (Å²) < 4.78 is 64.9. The van der Waals surface area contributed by atoms with Gasteiger partial charge in [-0.25, -0.2) is 8.78 Å². The topological polar surface area (TPSA) is 50.8 Å². The van der Waals surface area contributed by atoms with Crippen molar-refractivity contribution in [3.05, 3.63) is 23.3 Å². The first-order valence-corrected chi connectivity index (χ1v) is 9.83. The zero-order valence-corrected chi connectivity index (χ0v) is 16.3. The van der Waals surface area contributed by atoms with E-state index in [0.29, 0.717) is 0 Å². The Morgan fingerprint density at radius 3 is 2.00 bits per heavy atom. The molecular weight excluding hydrogens is 388 g/mol. The Morgan fingerprint density at radius 2 is 1.44 bits per heavy atom. The summed E-state index contributed by atoms with van der Waals surface area (Å²) in [5.41, 5.74) is 0. The normalized spacial score (nSPS) is 12.4. The molecule has 1 rings (SSSR count). The molecule has 1 atom stereocenters. The summed E-state index contributed by atoms with van der Waals surface area (Å²) in [6.45, 7) is 4.09. The van der Waals surface area contributed by atoms with Gasteiger partial charge in [-0.1, -0.05) is 52.4 Å². The molecule has 0 heterocycles. The minimum absolute atomic E-state index is 0.0362. The van der Waals surface area contributed by atoms with Crippen molar-refractivity contribution in [2.24, 2.45) is 5.92 Å². The van der Waals surface area contributed by atoms with E-state index < -0.39 is 33.9 Å². The van der Waals surface area contributed by atoms with E-state index in [2.05, 4.69) is 16.3 Å². The van der Waals surface area contributed by atoms with Gasteiger partial charge in [0.2, 0.25) is 11.6 Å². The van der Waals surface area contributed by atoms with Gasteiger partial charge in [0.25, 0.3) is 0 Å². The number of halogens is 4. The van der Waals surface area contributed by atoms with Crippen molar-refractivity contribution in [1.82, 2.24) is 0 Å². The average Bonchev–Trinajstić information content (AvgIpc) is 2.67. The first-order valence-electron chi connectivity index (χ1n) is 9.09. The third-order valence-electron chi connectivity index (χ3n) is 4.22. The van der Waals surface area contributed by atoms with Crippen LogP contribution in [0.5, 0.6) is 5.75 Å². The quantitative estimate of drug-likeness (QED) is 0.0988. The highest BCUT2D eigenvalue weighted by atomic mass is 32.2. The first-order chi connectivity index (χ1) is 13.0. The maximum Gasteiger partial charge on any atom is 0.205 e. The van der Waals surface area contributed by atoms with Gasteiger partial charge in [-0.05, 0) is 18.8 Å². The van der Waals surface area contributed by atoms with Crippen LogP contribution in [0.3, 0.4) is 0 Å². The highest BCUT2D eigenvalue weighted by molar-refractivity contribution is 7.94. The molecule has 0 saturated heterocycles. The molecule has 0 N–H and O–H groups in total. The molecular formula is C18H25F4O4S-. The molecule has 1 unspecified atom stereocenters. The van der Waals surface area contributed by atoms with Crippen molar-refractivity contribution >= 4 is 12.0 Å². The molecule has 9 heteroatoms. The summed E-state index contributed by atoms with van der Waals surface area (Å²) >= 11 is -0.258. The molecule has 0 radical (unpaired) electrons. The number of ether oxygens (including phenoxy) is 1. The van der Waals surface area contributed by atoms with Crippen molar-refractivity contribution in [1.29, 1.82) is 0 Å². The van der Waals surface area contributed by atoms with Gasteiger partial charge in [-0.2, -0.15) is 13.1 Å². The molecule has 0 amide bonds. The van der Waals surface area contributed by atoms with Gasteiger partial charge in [0.1, 0.15) is 4.90 Å². The summed E-state index contributed by atoms with van der Waals surface area (Å²) in [5.74, 6) is -7.83. The second kappa shape index (κ2) is 13.2. The standard InChI is InChI=1S/C18H26F4O4S/c1-3-5-7-8-10-12(9-6-4-2)11-24-17-13(19)15(21)18(27-26-25-23)16(22)14(17)20/h12,23H,3-11H2,1-2H3/p-1. The lowest BCUT2D eigenvalue weighted by Gasteiger charge is -2.19. The summed E-state index contributed by atoms with van der Waals surface area (Å²) in [6.07, 6.45) is 7.73. The minimum atomic E-state index is -1.71. The van der Waals surface area contributed by atoms with Crippen LogP contribution < -0.4 is 9.99 Å². The predicted molar refractivity (Wildman–Crippen MR) is 91.6 cm³/mol. The second-order valence-corrected chi connectivity index (χ2v) is 7.01. The number of rotatable bonds is 14. The van der Waals surface area contributed by atoms with Gasteiger partial charge < -0.3 is 9.99 Å². The summed E-state index contributed by atoms with van der Waals surface area (Å²) in [4.78, 5) is -1.16. The van der Waals surface area contributed by atoms with Crippen LogP contribution in [0.2, 0.25) is 0 Å². The summed E-state index contributed by atoms with van der Waals surface area (Å²) in [7, 11) is 0. The Labute approximate surface area is 161 Å². The molecule has 1 aromatic rings. The molecule has 0 aromatic heterocycles. The Bertz CT molecular complexity index is 546. The third kappa shape index (κ3) is 7.48. The molecule has 0 bridgehead atoms. The zero-order valence-electron chi connectivity index (χ0n) is 15.5. The van der Waals surface area contributed by atoms with Crippen molar-refractivity contribution in [3.63, 3.8) is 0 Å². The smallest absolute Gasteiger partial charge is 0.205 e. The van der Waals surface area contributed by atoms with Crippen LogP contribution in [-0.2, 0) is 9.37 Å². The van der Waals surface area contributed by atoms with Gasteiger partial charge in [0, 0.05) is 0 Å². The van der Waals surface area contributed by atoms with Crippen molar-refractivity contribution in [2.45, 2.75) is 70.1 Å². The fraction of sp³-hybridized carbons (Fsp3) is 0.667. The van der Waals surface area contributed by atoms with E-state index in [0.717, 1.165) is 51.4 Å². The van der Waals surface area contributed by atoms with Crippen LogP contribution in [0, 0.1) is 29.2 Å². The highest BCUT2D eigenvalue weighted by Crippen LogP contribution is 2.36. The van der Waals surface area contributed by atoms with Gasteiger partial charge in [-0.15, -0.1) is 0 Å². The van der Waals surface area contributed by atoms with E-state index in [1.165, 1.54) is 0 Å². The fourth-order valence-corrected chi connectivity index (χ4v) is 3.13. The molecule has 27 heavy (non-hydrogen) atoms. The molecule has 1 aromatic carbocycles. The van der Waals surface area contributed by atoms with E-state index in [1.54, 1.807) is 0 Å². The molecule has 4 nitrogen and oxygen atoms in total. The monoisotopic (exact) mass is 413 g/mol. The van der Waals surface area contributed by atoms with Crippen molar-refractivity contribution in [3.8, 4) is 5.75 Å². The maximum absolute atomic E-state index is 14.1. The SMILES string of the molecule is CCCCCCC(CCCC)COc1c(F)c(F)c(SOO[O-])c(F)c1F. The van der Waals surface area contributed by atoms with Gasteiger partial charge in [0.05, 0.1) is 18.6 Å². The van der Waals surface area contributed by atoms with Crippen LogP contribution in [0.4, 0.5) is 17.6 Å².